The van der Waals surface area contributed by atoms with Gasteiger partial charge in [0, 0.05) is 30.9 Å². The van der Waals surface area contributed by atoms with Gasteiger partial charge in [0.2, 0.25) is 11.8 Å². The lowest BCUT2D eigenvalue weighted by Crippen LogP contribution is -2.35. The van der Waals surface area contributed by atoms with Crippen LogP contribution in [0, 0.1) is 13.8 Å². The summed E-state index contributed by atoms with van der Waals surface area (Å²) in [6.07, 6.45) is 1.31. The first-order valence-corrected chi connectivity index (χ1v) is 9.73. The maximum atomic E-state index is 12.4. The van der Waals surface area contributed by atoms with Crippen molar-refractivity contribution in [3.63, 3.8) is 0 Å². The molecule has 5 heteroatoms. The highest BCUT2D eigenvalue weighted by molar-refractivity contribution is 5.78. The van der Waals surface area contributed by atoms with Crippen LogP contribution in [0.1, 0.15) is 22.6 Å². The molecule has 0 radical (unpaired) electrons. The lowest BCUT2D eigenvalue weighted by atomic mass is 10.1. The molecule has 2 heterocycles. The van der Waals surface area contributed by atoms with Gasteiger partial charge in [0.15, 0.2) is 0 Å². The van der Waals surface area contributed by atoms with E-state index in [0.29, 0.717) is 23.9 Å². The number of hydrogen-bond acceptors (Lipinski definition) is 4. The van der Waals surface area contributed by atoms with Gasteiger partial charge in [-0.2, -0.15) is 0 Å². The Labute approximate surface area is 165 Å². The second-order valence-electron chi connectivity index (χ2n) is 7.28. The predicted molar refractivity (Wildman–Crippen MR) is 110 cm³/mol. The van der Waals surface area contributed by atoms with Gasteiger partial charge in [0.25, 0.3) is 0 Å². The molecule has 2 aromatic carbocycles. The van der Waals surface area contributed by atoms with Crippen molar-refractivity contribution in [1.82, 2.24) is 10.3 Å². The molecule has 0 saturated heterocycles. The number of aryl methyl sites for hydroxylation is 2. The van der Waals surface area contributed by atoms with Gasteiger partial charge in [-0.25, -0.2) is 4.98 Å². The fourth-order valence-electron chi connectivity index (χ4n) is 3.68. The van der Waals surface area contributed by atoms with Gasteiger partial charge in [-0.15, -0.1) is 0 Å². The highest BCUT2D eigenvalue weighted by Crippen LogP contribution is 2.26. The van der Waals surface area contributed by atoms with Gasteiger partial charge < -0.3 is 14.6 Å². The summed E-state index contributed by atoms with van der Waals surface area (Å²) in [5.74, 6) is 1.23. The molecular weight excluding hydrogens is 350 g/mol. The Balaban J connectivity index is 1.32. The number of hydrogen-bond donors (Lipinski definition) is 1. The molecule has 1 aliphatic heterocycles. The smallest absolute Gasteiger partial charge is 0.226 e. The topological polar surface area (TPSA) is 58.4 Å². The van der Waals surface area contributed by atoms with Crippen LogP contribution in [0.15, 0.2) is 52.9 Å². The molecule has 3 aromatic rings. The molecular formula is C23H25N3O2. The Bertz CT molecular complexity index is 993. The van der Waals surface area contributed by atoms with Crippen molar-refractivity contribution in [3.8, 4) is 11.5 Å². The molecule has 1 amide bonds. The third-order valence-corrected chi connectivity index (χ3v) is 5.17. The SMILES string of the molecule is Cc1cccc(-c2nc(CC(=O)NCCN3CCc4ccccc43)c(C)o2)c1. The van der Waals surface area contributed by atoms with Crippen LogP contribution in [0.5, 0.6) is 0 Å². The van der Waals surface area contributed by atoms with Crippen LogP contribution in [-0.2, 0) is 17.6 Å². The third kappa shape index (κ3) is 3.93. The Morgan fingerprint density at radius 3 is 2.89 bits per heavy atom. The normalized spacial score (nSPS) is 12.9. The first-order chi connectivity index (χ1) is 13.6. The average molecular weight is 375 g/mol. The number of rotatable bonds is 6. The lowest BCUT2D eigenvalue weighted by Gasteiger charge is -2.19. The van der Waals surface area contributed by atoms with E-state index in [-0.39, 0.29) is 12.3 Å². The number of benzene rings is 2. The molecule has 4 rings (SSSR count). The van der Waals surface area contributed by atoms with E-state index in [1.165, 1.54) is 11.3 Å². The number of fused-ring (bicyclic) bond motifs is 1. The number of oxazole rings is 1. The first kappa shape index (κ1) is 18.3. The lowest BCUT2D eigenvalue weighted by molar-refractivity contribution is -0.120. The standard InChI is InChI=1S/C23H25N3O2/c1-16-6-5-8-19(14-16)23-25-20(17(2)28-23)15-22(27)24-11-13-26-12-10-18-7-3-4-9-21(18)26/h3-9,14H,10-13,15H2,1-2H3,(H,24,27). The second-order valence-corrected chi connectivity index (χ2v) is 7.28. The van der Waals surface area contributed by atoms with Crippen molar-refractivity contribution >= 4 is 11.6 Å². The average Bonchev–Trinajstić information content (AvgIpc) is 3.26. The number of carbonyl (C=O) groups is 1. The maximum Gasteiger partial charge on any atom is 0.226 e. The number of nitrogens with zero attached hydrogens (tertiary/aromatic N) is 2. The summed E-state index contributed by atoms with van der Waals surface area (Å²) in [7, 11) is 0. The monoisotopic (exact) mass is 375 g/mol. The van der Waals surface area contributed by atoms with Crippen LogP contribution in [0.3, 0.4) is 0 Å². The van der Waals surface area contributed by atoms with E-state index in [0.717, 1.165) is 30.6 Å². The van der Waals surface area contributed by atoms with Gasteiger partial charge in [0.1, 0.15) is 5.76 Å². The van der Waals surface area contributed by atoms with E-state index in [9.17, 15) is 4.79 Å². The summed E-state index contributed by atoms with van der Waals surface area (Å²) < 4.78 is 5.78. The largest absolute Gasteiger partial charge is 0.441 e. The predicted octanol–water partition coefficient (Wildman–Crippen LogP) is 3.68. The zero-order chi connectivity index (χ0) is 19.5. The molecule has 0 aliphatic carbocycles. The van der Waals surface area contributed by atoms with E-state index in [1.54, 1.807) is 0 Å². The fraction of sp³-hybridized carbons (Fsp3) is 0.304. The van der Waals surface area contributed by atoms with Crippen LogP contribution < -0.4 is 10.2 Å². The summed E-state index contributed by atoms with van der Waals surface area (Å²) >= 11 is 0. The van der Waals surface area contributed by atoms with Crippen molar-refractivity contribution < 1.29 is 9.21 Å². The van der Waals surface area contributed by atoms with E-state index in [1.807, 2.05) is 38.1 Å². The Morgan fingerprint density at radius 1 is 1.18 bits per heavy atom. The number of para-hydroxylation sites is 1. The summed E-state index contributed by atoms with van der Waals surface area (Å²) in [4.78, 5) is 19.2. The fourth-order valence-corrected chi connectivity index (χ4v) is 3.68. The number of amides is 1. The van der Waals surface area contributed by atoms with Crippen LogP contribution in [-0.4, -0.2) is 30.5 Å². The maximum absolute atomic E-state index is 12.4. The molecule has 144 valence electrons. The minimum atomic E-state index is -0.0281. The Kier molecular flexibility index (Phi) is 5.15. The van der Waals surface area contributed by atoms with Crippen LogP contribution in [0.4, 0.5) is 5.69 Å². The van der Waals surface area contributed by atoms with Crippen molar-refractivity contribution in [2.75, 3.05) is 24.5 Å². The minimum absolute atomic E-state index is 0.0281. The molecule has 0 atom stereocenters. The highest BCUT2D eigenvalue weighted by Gasteiger charge is 2.18. The molecule has 0 saturated carbocycles. The molecule has 1 N–H and O–H groups in total. The van der Waals surface area contributed by atoms with E-state index < -0.39 is 0 Å². The summed E-state index contributed by atoms with van der Waals surface area (Å²) in [6, 6.07) is 16.5. The number of aromatic nitrogens is 1. The summed E-state index contributed by atoms with van der Waals surface area (Å²) in [5, 5.41) is 3.01. The van der Waals surface area contributed by atoms with Crippen molar-refractivity contribution in [2.45, 2.75) is 26.7 Å². The van der Waals surface area contributed by atoms with E-state index in [4.69, 9.17) is 4.42 Å². The molecule has 0 bridgehead atoms. The Hall–Kier alpha value is -3.08. The number of anilines is 1. The highest BCUT2D eigenvalue weighted by atomic mass is 16.4. The minimum Gasteiger partial charge on any atom is -0.441 e. The van der Waals surface area contributed by atoms with Crippen LogP contribution in [0.2, 0.25) is 0 Å². The molecule has 0 spiro atoms. The first-order valence-electron chi connectivity index (χ1n) is 9.73. The van der Waals surface area contributed by atoms with Gasteiger partial charge >= 0.3 is 0 Å². The van der Waals surface area contributed by atoms with Crippen LogP contribution >= 0.6 is 0 Å². The summed E-state index contributed by atoms with van der Waals surface area (Å²) in [6.45, 7) is 6.34. The number of carbonyl (C=O) groups excluding carboxylic acids is 1. The van der Waals surface area contributed by atoms with Gasteiger partial charge in [-0.05, 0) is 44.0 Å². The number of nitrogens with one attached hydrogen (secondary N) is 1. The zero-order valence-corrected chi connectivity index (χ0v) is 16.4. The third-order valence-electron chi connectivity index (χ3n) is 5.17. The van der Waals surface area contributed by atoms with Crippen LogP contribution in [0.25, 0.3) is 11.5 Å². The van der Waals surface area contributed by atoms with Gasteiger partial charge in [0.05, 0.1) is 12.1 Å². The second kappa shape index (κ2) is 7.89. The van der Waals surface area contributed by atoms with E-state index >= 15 is 0 Å². The molecule has 0 fully saturated rings. The molecule has 5 nitrogen and oxygen atoms in total. The van der Waals surface area contributed by atoms with Gasteiger partial charge in [-0.1, -0.05) is 35.9 Å². The van der Waals surface area contributed by atoms with E-state index in [2.05, 4.69) is 39.5 Å². The molecule has 1 aliphatic rings. The zero-order valence-electron chi connectivity index (χ0n) is 16.4. The van der Waals surface area contributed by atoms with Crippen molar-refractivity contribution in [3.05, 3.63) is 71.1 Å². The summed E-state index contributed by atoms with van der Waals surface area (Å²) in [5.41, 5.74) is 5.45. The molecule has 1 aromatic heterocycles. The van der Waals surface area contributed by atoms with Crippen molar-refractivity contribution in [2.24, 2.45) is 0 Å². The quantitative estimate of drug-likeness (QED) is 0.714. The Morgan fingerprint density at radius 2 is 2.04 bits per heavy atom. The molecule has 0 unspecified atom stereocenters. The molecule has 28 heavy (non-hydrogen) atoms. The van der Waals surface area contributed by atoms with Crippen molar-refractivity contribution in [1.29, 1.82) is 0 Å². The van der Waals surface area contributed by atoms with Gasteiger partial charge in [-0.3, -0.25) is 4.79 Å².